The van der Waals surface area contributed by atoms with Crippen LogP contribution in [0, 0.1) is 5.82 Å². The Bertz CT molecular complexity index is 692. The molecule has 0 bridgehead atoms. The number of nitrogens with one attached hydrogen (secondary N) is 1. The molecule has 0 saturated heterocycles. The second-order valence-corrected chi connectivity index (χ2v) is 5.05. The summed E-state index contributed by atoms with van der Waals surface area (Å²) in [6, 6.07) is 14.0. The van der Waals surface area contributed by atoms with Gasteiger partial charge in [-0.2, -0.15) is 5.10 Å². The second-order valence-electron chi connectivity index (χ2n) is 5.05. The average Bonchev–Trinajstić information content (AvgIpc) is 2.91. The van der Waals surface area contributed by atoms with Gasteiger partial charge in [-0.3, -0.25) is 4.79 Å². The quantitative estimate of drug-likeness (QED) is 0.864. The van der Waals surface area contributed by atoms with E-state index in [1.807, 2.05) is 18.2 Å². The Labute approximate surface area is 122 Å². The van der Waals surface area contributed by atoms with Gasteiger partial charge in [-0.05, 0) is 36.1 Å². The van der Waals surface area contributed by atoms with Crippen molar-refractivity contribution in [1.82, 2.24) is 5.43 Å². The highest BCUT2D eigenvalue weighted by atomic mass is 19.1. The predicted molar refractivity (Wildman–Crippen MR) is 79.5 cm³/mol. The molecule has 3 nitrogen and oxygen atoms in total. The minimum Gasteiger partial charge on any atom is -0.273 e. The molecule has 2 aromatic carbocycles. The Morgan fingerprint density at radius 3 is 2.67 bits per heavy atom. The monoisotopic (exact) mass is 282 g/mol. The Balaban J connectivity index is 1.64. The number of carbonyl (C=O) groups is 1. The van der Waals surface area contributed by atoms with Gasteiger partial charge in [0, 0.05) is 5.56 Å². The van der Waals surface area contributed by atoms with Crippen molar-refractivity contribution in [2.24, 2.45) is 5.10 Å². The molecule has 1 N–H and O–H groups in total. The molecule has 106 valence electrons. The van der Waals surface area contributed by atoms with Crippen molar-refractivity contribution in [1.29, 1.82) is 0 Å². The normalized spacial score (nSPS) is 15.0. The summed E-state index contributed by atoms with van der Waals surface area (Å²) in [5, 5.41) is 4.22. The molecule has 3 rings (SSSR count). The number of halogens is 1. The Morgan fingerprint density at radius 1 is 1.10 bits per heavy atom. The summed E-state index contributed by atoms with van der Waals surface area (Å²) in [5.41, 5.74) is 6.64. The van der Waals surface area contributed by atoms with Gasteiger partial charge in [0.1, 0.15) is 5.82 Å². The molecule has 0 radical (unpaired) electrons. The molecule has 2 aromatic rings. The fourth-order valence-electron chi connectivity index (χ4n) is 2.48. The molecule has 0 heterocycles. The van der Waals surface area contributed by atoms with E-state index < -0.39 is 0 Å². The zero-order chi connectivity index (χ0) is 14.7. The van der Waals surface area contributed by atoms with Crippen LogP contribution in [0.5, 0.6) is 0 Å². The predicted octanol–water partition coefficient (Wildman–Crippen LogP) is 2.83. The van der Waals surface area contributed by atoms with Gasteiger partial charge in [0.05, 0.1) is 12.1 Å². The van der Waals surface area contributed by atoms with Gasteiger partial charge in [0.15, 0.2) is 0 Å². The molecule has 1 amide bonds. The Hall–Kier alpha value is -2.49. The molecule has 0 aliphatic heterocycles. The number of amides is 1. The van der Waals surface area contributed by atoms with Crippen molar-refractivity contribution in [3.63, 3.8) is 0 Å². The molecule has 21 heavy (non-hydrogen) atoms. The lowest BCUT2D eigenvalue weighted by molar-refractivity contribution is -0.120. The van der Waals surface area contributed by atoms with Crippen LogP contribution in [-0.2, 0) is 17.6 Å². The van der Waals surface area contributed by atoms with E-state index in [9.17, 15) is 9.18 Å². The molecule has 0 saturated carbocycles. The number of carbonyl (C=O) groups excluding carboxylic acids is 1. The maximum atomic E-state index is 12.8. The minimum atomic E-state index is -0.304. The number of rotatable bonds is 3. The van der Waals surface area contributed by atoms with Gasteiger partial charge in [-0.25, -0.2) is 9.82 Å². The molecule has 1 aliphatic rings. The summed E-state index contributed by atoms with van der Waals surface area (Å²) in [6.07, 6.45) is 2.00. The average molecular weight is 282 g/mol. The van der Waals surface area contributed by atoms with Crippen LogP contribution < -0.4 is 5.43 Å². The first-order chi connectivity index (χ1) is 10.2. The zero-order valence-corrected chi connectivity index (χ0v) is 11.5. The highest BCUT2D eigenvalue weighted by molar-refractivity contribution is 6.04. The SMILES string of the molecule is O=C(Cc1ccc(F)cc1)N/N=C1/CCc2ccccc21. The lowest BCUT2D eigenvalue weighted by atomic mass is 10.1. The summed E-state index contributed by atoms with van der Waals surface area (Å²) in [7, 11) is 0. The van der Waals surface area contributed by atoms with E-state index in [0.29, 0.717) is 0 Å². The number of aryl methyl sites for hydroxylation is 1. The summed E-state index contributed by atoms with van der Waals surface area (Å²) in [5.74, 6) is -0.500. The Morgan fingerprint density at radius 2 is 1.86 bits per heavy atom. The number of benzene rings is 2. The van der Waals surface area contributed by atoms with Crippen molar-refractivity contribution < 1.29 is 9.18 Å². The highest BCUT2D eigenvalue weighted by Gasteiger charge is 2.17. The van der Waals surface area contributed by atoms with Crippen LogP contribution in [0.25, 0.3) is 0 Å². The minimum absolute atomic E-state index is 0.193. The molecule has 0 aromatic heterocycles. The van der Waals surface area contributed by atoms with Crippen LogP contribution in [0.1, 0.15) is 23.1 Å². The number of hydrogen-bond donors (Lipinski definition) is 1. The van der Waals surface area contributed by atoms with Crippen molar-refractivity contribution in [2.75, 3.05) is 0 Å². The Kier molecular flexibility index (Phi) is 3.77. The molecular formula is C17H15FN2O. The van der Waals surface area contributed by atoms with E-state index >= 15 is 0 Å². The number of hydrazone groups is 1. The third kappa shape index (κ3) is 3.16. The van der Waals surface area contributed by atoms with Gasteiger partial charge < -0.3 is 0 Å². The topological polar surface area (TPSA) is 41.5 Å². The molecule has 0 unspecified atom stereocenters. The van der Waals surface area contributed by atoms with E-state index in [0.717, 1.165) is 29.7 Å². The summed E-state index contributed by atoms with van der Waals surface area (Å²) in [4.78, 5) is 11.9. The number of hydrogen-bond acceptors (Lipinski definition) is 2. The van der Waals surface area contributed by atoms with E-state index in [2.05, 4.69) is 16.6 Å². The summed E-state index contributed by atoms with van der Waals surface area (Å²) >= 11 is 0. The molecule has 0 fully saturated rings. The van der Waals surface area contributed by atoms with Gasteiger partial charge in [0.2, 0.25) is 5.91 Å². The van der Waals surface area contributed by atoms with Gasteiger partial charge in [-0.15, -0.1) is 0 Å². The van der Waals surface area contributed by atoms with E-state index in [1.54, 1.807) is 12.1 Å². The maximum absolute atomic E-state index is 12.8. The van der Waals surface area contributed by atoms with Gasteiger partial charge in [0.25, 0.3) is 0 Å². The first-order valence-electron chi connectivity index (χ1n) is 6.90. The lowest BCUT2D eigenvalue weighted by Crippen LogP contribution is -2.21. The van der Waals surface area contributed by atoms with Crippen molar-refractivity contribution in [2.45, 2.75) is 19.3 Å². The van der Waals surface area contributed by atoms with E-state index in [-0.39, 0.29) is 18.1 Å². The van der Waals surface area contributed by atoms with E-state index in [4.69, 9.17) is 0 Å². The fourth-order valence-corrected chi connectivity index (χ4v) is 2.48. The summed E-state index contributed by atoms with van der Waals surface area (Å²) in [6.45, 7) is 0. The van der Waals surface area contributed by atoms with Crippen LogP contribution in [0.15, 0.2) is 53.6 Å². The third-order valence-corrected chi connectivity index (χ3v) is 3.55. The van der Waals surface area contributed by atoms with Crippen LogP contribution in [-0.4, -0.2) is 11.6 Å². The highest BCUT2D eigenvalue weighted by Crippen LogP contribution is 2.21. The smallest absolute Gasteiger partial charge is 0.244 e. The van der Waals surface area contributed by atoms with Crippen molar-refractivity contribution >= 4 is 11.6 Å². The number of nitrogens with zero attached hydrogens (tertiary/aromatic N) is 1. The standard InChI is InChI=1S/C17H15FN2O/c18-14-8-5-12(6-9-14)11-17(21)20-19-16-10-7-13-3-1-2-4-15(13)16/h1-6,8-9H,7,10-11H2,(H,20,21)/b19-16-. The first-order valence-corrected chi connectivity index (χ1v) is 6.90. The fraction of sp³-hybridized carbons (Fsp3) is 0.176. The van der Waals surface area contributed by atoms with Crippen molar-refractivity contribution in [3.05, 3.63) is 71.0 Å². The second kappa shape index (κ2) is 5.87. The lowest BCUT2D eigenvalue weighted by Gasteiger charge is -2.03. The van der Waals surface area contributed by atoms with Crippen LogP contribution in [0.4, 0.5) is 4.39 Å². The van der Waals surface area contributed by atoms with E-state index in [1.165, 1.54) is 17.7 Å². The molecule has 0 atom stereocenters. The zero-order valence-electron chi connectivity index (χ0n) is 11.5. The molecular weight excluding hydrogens is 267 g/mol. The third-order valence-electron chi connectivity index (χ3n) is 3.55. The largest absolute Gasteiger partial charge is 0.273 e. The van der Waals surface area contributed by atoms with Gasteiger partial charge in [-0.1, -0.05) is 36.4 Å². The maximum Gasteiger partial charge on any atom is 0.244 e. The molecule has 0 spiro atoms. The van der Waals surface area contributed by atoms with Crippen LogP contribution >= 0.6 is 0 Å². The van der Waals surface area contributed by atoms with Gasteiger partial charge >= 0.3 is 0 Å². The first kappa shape index (κ1) is 13.5. The summed E-state index contributed by atoms with van der Waals surface area (Å²) < 4.78 is 12.8. The van der Waals surface area contributed by atoms with Crippen molar-refractivity contribution in [3.8, 4) is 0 Å². The molecule has 4 heteroatoms. The molecule has 1 aliphatic carbocycles. The van der Waals surface area contributed by atoms with Crippen LogP contribution in [0.3, 0.4) is 0 Å². The number of fused-ring (bicyclic) bond motifs is 1. The van der Waals surface area contributed by atoms with Crippen LogP contribution in [0.2, 0.25) is 0 Å².